The summed E-state index contributed by atoms with van der Waals surface area (Å²) in [5.41, 5.74) is 9.36. The van der Waals surface area contributed by atoms with Gasteiger partial charge >= 0.3 is 5.97 Å². The number of carbonyl (C=O) groups is 7. The molecule has 0 saturated heterocycles. The van der Waals surface area contributed by atoms with E-state index in [1.165, 1.54) is 24.3 Å². The van der Waals surface area contributed by atoms with Crippen molar-refractivity contribution in [3.8, 4) is 11.5 Å². The Hall–Kier alpha value is -8.33. The zero-order valence-corrected chi connectivity index (χ0v) is 37.9. The maximum absolute atomic E-state index is 13.8. The number of nitrogens with two attached hydrogens (primary N) is 1. The molecule has 0 saturated carbocycles. The van der Waals surface area contributed by atoms with Crippen molar-refractivity contribution in [2.75, 3.05) is 18.5 Å². The smallest absolute Gasteiger partial charge is 0.338 e. The van der Waals surface area contributed by atoms with E-state index in [-0.39, 0.29) is 78.7 Å². The van der Waals surface area contributed by atoms with Crippen molar-refractivity contribution >= 4 is 46.7 Å². The lowest BCUT2D eigenvalue weighted by molar-refractivity contribution is -0.125. The molecule has 1 aliphatic heterocycles. The number of nitrogens with zero attached hydrogens (tertiary/aromatic N) is 2. The van der Waals surface area contributed by atoms with Gasteiger partial charge in [0.2, 0.25) is 11.6 Å². The van der Waals surface area contributed by atoms with Gasteiger partial charge in [0.25, 0.3) is 11.8 Å². The molecule has 6 rings (SSSR count). The maximum Gasteiger partial charge on any atom is 0.338 e. The number of esters is 1. The van der Waals surface area contributed by atoms with E-state index in [1.807, 2.05) is 20.8 Å². The number of primary amides is 1. The SMILES string of the molecule is C=CCOC(=O)c1ccc(CC(=O)c2ccc(CC(=O)c3ccc(CC(=O)[C@H](CC(N)=O)NC(=O)c4ccc(NC(=O)c5ccc(C6(C)N=N6)cc5)cc4)cc3)c(OC(C)C)c2OCC=C)cc1. The summed E-state index contributed by atoms with van der Waals surface area (Å²) in [6, 6.07) is 27.8. The normalized spacial score (nSPS) is 12.5. The third-order valence-corrected chi connectivity index (χ3v) is 10.7. The minimum absolute atomic E-state index is 0.0153. The summed E-state index contributed by atoms with van der Waals surface area (Å²) < 4.78 is 17.3. The van der Waals surface area contributed by atoms with E-state index in [2.05, 4.69) is 34.0 Å². The number of nitrogens with one attached hydrogen (secondary N) is 2. The van der Waals surface area contributed by atoms with Crippen LogP contribution in [0.5, 0.6) is 11.5 Å². The molecule has 15 nitrogen and oxygen atoms in total. The Morgan fingerprint density at radius 2 is 1.24 bits per heavy atom. The highest BCUT2D eigenvalue weighted by Crippen LogP contribution is 2.39. The molecule has 0 aromatic heterocycles. The van der Waals surface area contributed by atoms with Gasteiger partial charge in [0, 0.05) is 52.8 Å². The maximum atomic E-state index is 13.8. The molecule has 68 heavy (non-hydrogen) atoms. The van der Waals surface area contributed by atoms with Crippen molar-refractivity contribution < 1.29 is 47.8 Å². The van der Waals surface area contributed by atoms with Crippen molar-refractivity contribution in [1.29, 1.82) is 0 Å². The number of Topliss-reactive ketones (excluding diaryl/α,β-unsaturated/α-hetero) is 3. The second-order valence-electron chi connectivity index (χ2n) is 16.3. The van der Waals surface area contributed by atoms with Crippen molar-refractivity contribution in [3.05, 3.63) is 185 Å². The van der Waals surface area contributed by atoms with E-state index in [1.54, 1.807) is 97.1 Å². The number of ether oxygens (including phenoxy) is 3. The van der Waals surface area contributed by atoms with Gasteiger partial charge in [-0.3, -0.25) is 28.8 Å². The molecule has 1 heterocycles. The predicted octanol–water partition coefficient (Wildman–Crippen LogP) is 7.91. The van der Waals surface area contributed by atoms with E-state index >= 15 is 0 Å². The molecule has 0 bridgehead atoms. The molecule has 0 spiro atoms. The first kappa shape index (κ1) is 49.1. The summed E-state index contributed by atoms with van der Waals surface area (Å²) in [5.74, 6) is -2.94. The van der Waals surface area contributed by atoms with Gasteiger partial charge in [0.05, 0.1) is 29.7 Å². The first-order valence-electron chi connectivity index (χ1n) is 21.7. The topological polar surface area (TPSA) is 222 Å². The van der Waals surface area contributed by atoms with Gasteiger partial charge < -0.3 is 30.6 Å². The Balaban J connectivity index is 1.09. The first-order valence-corrected chi connectivity index (χ1v) is 21.7. The van der Waals surface area contributed by atoms with Crippen LogP contribution in [0.15, 0.2) is 145 Å². The number of ketones is 3. The lowest BCUT2D eigenvalue weighted by atomic mass is 9.95. The number of hydrogen-bond donors (Lipinski definition) is 3. The zero-order valence-electron chi connectivity index (χ0n) is 37.9. The molecule has 1 atom stereocenters. The minimum atomic E-state index is -1.24. The molecule has 5 aromatic carbocycles. The number of benzene rings is 5. The zero-order chi connectivity index (χ0) is 49.0. The third-order valence-electron chi connectivity index (χ3n) is 10.7. The molecule has 15 heteroatoms. The highest BCUT2D eigenvalue weighted by Gasteiger charge is 2.36. The van der Waals surface area contributed by atoms with Crippen LogP contribution in [0.25, 0.3) is 0 Å². The minimum Gasteiger partial charge on any atom is -0.487 e. The highest BCUT2D eigenvalue weighted by molar-refractivity contribution is 6.05. The van der Waals surface area contributed by atoms with Crippen LogP contribution < -0.4 is 25.8 Å². The molecule has 4 N–H and O–H groups in total. The molecule has 0 fully saturated rings. The van der Waals surface area contributed by atoms with E-state index in [9.17, 15) is 33.6 Å². The molecular weight excluding hydrogens is 867 g/mol. The van der Waals surface area contributed by atoms with Crippen LogP contribution in [0.1, 0.15) is 101 Å². The number of rotatable bonds is 24. The number of anilines is 1. The summed E-state index contributed by atoms with van der Waals surface area (Å²) in [4.78, 5) is 91.4. The molecule has 0 unspecified atom stereocenters. The van der Waals surface area contributed by atoms with Crippen molar-refractivity contribution in [3.63, 3.8) is 0 Å². The molecular formula is C53H51N5O10. The highest BCUT2D eigenvalue weighted by atomic mass is 16.5. The summed E-state index contributed by atoms with van der Waals surface area (Å²) in [6.45, 7) is 12.9. The Morgan fingerprint density at radius 1 is 0.662 bits per heavy atom. The van der Waals surface area contributed by atoms with Crippen molar-refractivity contribution in [1.82, 2.24) is 5.32 Å². The standard InChI is InChI=1S/C53H51N5O10/c1-6-26-66-49-42(45(60)28-33-10-14-38(15-11-33)52(65)67-27-7-2)25-20-39(48(49)68-32(3)4)30-44(59)35-12-8-34(9-13-35)29-46(61)43(31-47(54)62)56-51(64)37-18-23-41(24-19-37)55-50(63)36-16-21-40(22-17-36)53(5)57-58-53/h6-25,32,43H,1-2,26-31H2,3-5H3,(H2,54,62)(H,55,63)(H,56,64)/t43-/m0/s1. The average molecular weight is 918 g/mol. The van der Waals surface area contributed by atoms with Gasteiger partial charge in [-0.1, -0.05) is 79.9 Å². The Kier molecular flexibility index (Phi) is 16.1. The molecule has 0 radical (unpaired) electrons. The summed E-state index contributed by atoms with van der Waals surface area (Å²) in [5, 5.41) is 13.4. The Labute approximate surface area is 393 Å². The van der Waals surface area contributed by atoms with E-state index in [4.69, 9.17) is 19.9 Å². The quantitative estimate of drug-likeness (QED) is 0.0308. The second kappa shape index (κ2) is 22.2. The number of amides is 3. The van der Waals surface area contributed by atoms with Gasteiger partial charge in [0.1, 0.15) is 13.2 Å². The second-order valence-corrected chi connectivity index (χ2v) is 16.3. The van der Waals surface area contributed by atoms with Crippen LogP contribution in [0.2, 0.25) is 0 Å². The van der Waals surface area contributed by atoms with E-state index in [0.717, 1.165) is 5.56 Å². The fraction of sp³-hybridized carbons (Fsp3) is 0.226. The lowest BCUT2D eigenvalue weighted by Crippen LogP contribution is -2.44. The van der Waals surface area contributed by atoms with Gasteiger partial charge in [0.15, 0.2) is 28.8 Å². The largest absolute Gasteiger partial charge is 0.487 e. The fourth-order valence-corrected chi connectivity index (χ4v) is 7.00. The van der Waals surface area contributed by atoms with Crippen LogP contribution in [-0.2, 0) is 39.3 Å². The van der Waals surface area contributed by atoms with Crippen LogP contribution in [-0.4, -0.2) is 66.4 Å². The molecule has 3 amide bonds. The number of carbonyl (C=O) groups excluding carboxylic acids is 7. The van der Waals surface area contributed by atoms with Crippen molar-refractivity contribution in [2.24, 2.45) is 16.0 Å². The fourth-order valence-electron chi connectivity index (χ4n) is 7.00. The molecule has 1 aliphatic rings. The predicted molar refractivity (Wildman–Crippen MR) is 254 cm³/mol. The van der Waals surface area contributed by atoms with Gasteiger partial charge in [-0.15, -0.1) is 0 Å². The van der Waals surface area contributed by atoms with Gasteiger partial charge in [-0.25, -0.2) is 4.79 Å². The Morgan fingerprint density at radius 3 is 1.82 bits per heavy atom. The van der Waals surface area contributed by atoms with Crippen LogP contribution >= 0.6 is 0 Å². The lowest BCUT2D eigenvalue weighted by Gasteiger charge is -2.20. The van der Waals surface area contributed by atoms with Crippen LogP contribution in [0.4, 0.5) is 5.69 Å². The Bertz CT molecular complexity index is 2760. The van der Waals surface area contributed by atoms with E-state index in [0.29, 0.717) is 39.1 Å². The van der Waals surface area contributed by atoms with Gasteiger partial charge in [-0.2, -0.15) is 10.2 Å². The van der Waals surface area contributed by atoms with Gasteiger partial charge in [-0.05, 0) is 86.5 Å². The summed E-state index contributed by atoms with van der Waals surface area (Å²) in [7, 11) is 0. The summed E-state index contributed by atoms with van der Waals surface area (Å²) in [6.07, 6.45) is 1.88. The number of hydrogen-bond acceptors (Lipinski definition) is 12. The van der Waals surface area contributed by atoms with E-state index < -0.39 is 41.7 Å². The average Bonchev–Trinajstić information content (AvgIpc) is 4.08. The molecule has 5 aromatic rings. The summed E-state index contributed by atoms with van der Waals surface area (Å²) >= 11 is 0. The van der Waals surface area contributed by atoms with Crippen LogP contribution in [0, 0.1) is 0 Å². The first-order chi connectivity index (χ1) is 32.6. The van der Waals surface area contributed by atoms with Crippen LogP contribution in [0.3, 0.4) is 0 Å². The van der Waals surface area contributed by atoms with Crippen molar-refractivity contribution in [2.45, 2.75) is 64.3 Å². The molecule has 0 aliphatic carbocycles. The monoisotopic (exact) mass is 917 g/mol. The third kappa shape index (κ3) is 12.9. The molecule has 348 valence electrons.